The minimum absolute atomic E-state index is 0.394. The molecule has 0 fully saturated rings. The van der Waals surface area contributed by atoms with Crippen molar-refractivity contribution in [2.24, 2.45) is 0 Å². The largest absolute Gasteiger partial charge is 0.415 e. The fraction of sp³-hybridized carbons (Fsp3) is 0.375. The number of nitrogens with zero attached hydrogens (tertiary/aromatic N) is 2. The van der Waals surface area contributed by atoms with Crippen LogP contribution in [0.15, 0.2) is 33.3 Å². The van der Waals surface area contributed by atoms with Crippen molar-refractivity contribution in [1.29, 1.82) is 0 Å². The Labute approximate surface area is 157 Å². The van der Waals surface area contributed by atoms with E-state index in [1.807, 2.05) is 18.2 Å². The quantitative estimate of drug-likeness (QED) is 0.586. The molecule has 0 spiro atoms. The van der Waals surface area contributed by atoms with E-state index < -0.39 is 6.09 Å². The van der Waals surface area contributed by atoms with E-state index in [1.165, 1.54) is 4.90 Å². The van der Waals surface area contributed by atoms with Crippen LogP contribution in [0.5, 0.6) is 5.75 Å². The predicted octanol–water partition coefficient (Wildman–Crippen LogP) is 3.85. The fourth-order valence-corrected chi connectivity index (χ4v) is 3.30. The average molecular weight is 462 g/mol. The van der Waals surface area contributed by atoms with Crippen LogP contribution >= 0.6 is 31.9 Å². The Morgan fingerprint density at radius 3 is 2.79 bits per heavy atom. The van der Waals surface area contributed by atoms with E-state index in [4.69, 9.17) is 14.2 Å². The van der Waals surface area contributed by atoms with Gasteiger partial charge in [-0.05, 0) is 28.1 Å². The SMILES string of the molecule is COCCOCCN(C)C(=O)Oc1c(Br)cc(Br)c2cccnc12. The van der Waals surface area contributed by atoms with Crippen LogP contribution in [-0.2, 0) is 9.47 Å². The van der Waals surface area contributed by atoms with Gasteiger partial charge in [0, 0.05) is 36.8 Å². The molecule has 0 bridgehead atoms. The first-order valence-corrected chi connectivity index (χ1v) is 8.85. The maximum atomic E-state index is 12.3. The molecule has 0 radical (unpaired) electrons. The van der Waals surface area contributed by atoms with Gasteiger partial charge in [-0.25, -0.2) is 4.79 Å². The lowest BCUT2D eigenvalue weighted by Gasteiger charge is -2.18. The zero-order chi connectivity index (χ0) is 17.5. The van der Waals surface area contributed by atoms with Crippen molar-refractivity contribution in [3.8, 4) is 5.75 Å². The number of likely N-dealkylation sites (N-methyl/N-ethyl adjacent to an activating group) is 1. The Balaban J connectivity index is 2.05. The van der Waals surface area contributed by atoms with Gasteiger partial charge in [0.05, 0.1) is 24.3 Å². The van der Waals surface area contributed by atoms with Crippen LogP contribution in [0, 0.1) is 0 Å². The monoisotopic (exact) mass is 460 g/mol. The van der Waals surface area contributed by atoms with E-state index in [0.717, 1.165) is 9.86 Å². The molecular formula is C16H18Br2N2O4. The number of carbonyl (C=O) groups is 1. The van der Waals surface area contributed by atoms with Crippen molar-refractivity contribution in [2.75, 3.05) is 40.5 Å². The van der Waals surface area contributed by atoms with Crippen molar-refractivity contribution in [3.05, 3.63) is 33.3 Å². The molecule has 0 unspecified atom stereocenters. The lowest BCUT2D eigenvalue weighted by atomic mass is 10.2. The summed E-state index contributed by atoms with van der Waals surface area (Å²) in [5, 5.41) is 0.869. The summed E-state index contributed by atoms with van der Waals surface area (Å²) >= 11 is 6.91. The zero-order valence-electron chi connectivity index (χ0n) is 13.4. The van der Waals surface area contributed by atoms with Gasteiger partial charge in [-0.2, -0.15) is 0 Å². The van der Waals surface area contributed by atoms with E-state index in [9.17, 15) is 4.79 Å². The molecule has 1 aromatic carbocycles. The van der Waals surface area contributed by atoms with Crippen LogP contribution in [0.25, 0.3) is 10.9 Å². The molecule has 2 aromatic rings. The van der Waals surface area contributed by atoms with Gasteiger partial charge in [-0.15, -0.1) is 0 Å². The number of rotatable bonds is 7. The summed E-state index contributed by atoms with van der Waals surface area (Å²) < 4.78 is 17.3. The molecule has 0 saturated heterocycles. The molecule has 2 rings (SSSR count). The summed E-state index contributed by atoms with van der Waals surface area (Å²) in [5.41, 5.74) is 0.608. The standard InChI is InChI=1S/C16H18Br2N2O4/c1-20(6-7-23-9-8-22-2)16(21)24-15-13(18)10-12(17)11-4-3-5-19-14(11)15/h3-5,10H,6-9H2,1-2H3. The Morgan fingerprint density at radius 1 is 1.25 bits per heavy atom. The number of ether oxygens (including phenoxy) is 3. The molecule has 1 aromatic heterocycles. The van der Waals surface area contributed by atoms with E-state index >= 15 is 0 Å². The van der Waals surface area contributed by atoms with Gasteiger partial charge in [0.1, 0.15) is 5.52 Å². The van der Waals surface area contributed by atoms with Crippen LogP contribution in [0.1, 0.15) is 0 Å². The summed E-state index contributed by atoms with van der Waals surface area (Å²) in [4.78, 5) is 18.0. The van der Waals surface area contributed by atoms with Crippen LogP contribution in [0.3, 0.4) is 0 Å². The Hall–Kier alpha value is -1.22. The highest BCUT2D eigenvalue weighted by Gasteiger charge is 2.18. The molecule has 24 heavy (non-hydrogen) atoms. The molecule has 8 heteroatoms. The van der Waals surface area contributed by atoms with E-state index in [2.05, 4.69) is 36.8 Å². The van der Waals surface area contributed by atoms with Crippen LogP contribution in [0.4, 0.5) is 4.79 Å². The first kappa shape index (κ1) is 19.1. The number of methoxy groups -OCH3 is 1. The zero-order valence-corrected chi connectivity index (χ0v) is 16.6. The van der Waals surface area contributed by atoms with E-state index in [1.54, 1.807) is 20.4 Å². The van der Waals surface area contributed by atoms with Crippen LogP contribution in [0.2, 0.25) is 0 Å². The van der Waals surface area contributed by atoms with Crippen molar-refractivity contribution >= 4 is 48.9 Å². The fourth-order valence-electron chi connectivity index (χ4n) is 1.95. The molecule has 0 aliphatic rings. The molecule has 0 aliphatic carbocycles. The van der Waals surface area contributed by atoms with Crippen LogP contribution < -0.4 is 4.74 Å². The second kappa shape index (κ2) is 9.31. The minimum atomic E-state index is -0.472. The second-order valence-electron chi connectivity index (χ2n) is 4.96. The van der Waals surface area contributed by atoms with Gasteiger partial charge in [0.2, 0.25) is 0 Å². The molecule has 1 heterocycles. The smallest absolute Gasteiger partial charge is 0.407 e. The number of hydrogen-bond acceptors (Lipinski definition) is 5. The molecule has 0 saturated carbocycles. The molecule has 0 aliphatic heterocycles. The number of fused-ring (bicyclic) bond motifs is 1. The first-order valence-electron chi connectivity index (χ1n) is 7.27. The van der Waals surface area contributed by atoms with Crippen molar-refractivity contribution in [2.45, 2.75) is 0 Å². The summed E-state index contributed by atoms with van der Waals surface area (Å²) in [6, 6.07) is 5.57. The van der Waals surface area contributed by atoms with Gasteiger partial charge >= 0.3 is 6.09 Å². The number of hydrogen-bond donors (Lipinski definition) is 0. The highest BCUT2D eigenvalue weighted by atomic mass is 79.9. The van der Waals surface area contributed by atoms with Crippen LogP contribution in [-0.4, -0.2) is 56.5 Å². The van der Waals surface area contributed by atoms with E-state index in [-0.39, 0.29) is 0 Å². The number of aromatic nitrogens is 1. The third-order valence-electron chi connectivity index (χ3n) is 3.25. The first-order chi connectivity index (χ1) is 11.5. The number of amides is 1. The minimum Gasteiger partial charge on any atom is -0.407 e. The number of pyridine rings is 1. The second-order valence-corrected chi connectivity index (χ2v) is 6.67. The maximum absolute atomic E-state index is 12.3. The summed E-state index contributed by atoms with van der Waals surface area (Å²) in [5.74, 6) is 0.394. The highest BCUT2D eigenvalue weighted by molar-refractivity contribution is 9.11. The molecule has 6 nitrogen and oxygen atoms in total. The third kappa shape index (κ3) is 4.89. The van der Waals surface area contributed by atoms with Gasteiger partial charge < -0.3 is 19.1 Å². The average Bonchev–Trinajstić information content (AvgIpc) is 2.58. The van der Waals surface area contributed by atoms with Crippen molar-refractivity contribution in [3.63, 3.8) is 0 Å². The Morgan fingerprint density at radius 2 is 2.04 bits per heavy atom. The lowest BCUT2D eigenvalue weighted by molar-refractivity contribution is 0.0607. The third-order valence-corrected chi connectivity index (χ3v) is 4.50. The lowest BCUT2D eigenvalue weighted by Crippen LogP contribution is -2.33. The number of benzene rings is 1. The molecule has 130 valence electrons. The van der Waals surface area contributed by atoms with Gasteiger partial charge in [0.25, 0.3) is 0 Å². The number of carbonyl (C=O) groups excluding carboxylic acids is 1. The Kier molecular flexibility index (Phi) is 7.41. The summed E-state index contributed by atoms with van der Waals surface area (Å²) in [7, 11) is 3.27. The van der Waals surface area contributed by atoms with Gasteiger partial charge in [0.15, 0.2) is 5.75 Å². The van der Waals surface area contributed by atoms with Crippen molar-refractivity contribution in [1.82, 2.24) is 9.88 Å². The van der Waals surface area contributed by atoms with E-state index in [0.29, 0.717) is 42.1 Å². The topological polar surface area (TPSA) is 60.9 Å². The highest BCUT2D eigenvalue weighted by Crippen LogP contribution is 2.37. The summed E-state index contributed by atoms with van der Waals surface area (Å²) in [6.45, 7) is 1.85. The normalized spacial score (nSPS) is 10.8. The molecule has 1 amide bonds. The predicted molar refractivity (Wildman–Crippen MR) is 98.5 cm³/mol. The molecule has 0 atom stereocenters. The maximum Gasteiger partial charge on any atom is 0.415 e. The molecule has 0 N–H and O–H groups in total. The number of halogens is 2. The summed E-state index contributed by atoms with van der Waals surface area (Å²) in [6.07, 6.45) is 1.19. The van der Waals surface area contributed by atoms with Crippen molar-refractivity contribution < 1.29 is 19.0 Å². The van der Waals surface area contributed by atoms with Gasteiger partial charge in [-0.3, -0.25) is 4.98 Å². The Bertz CT molecular complexity index is 712. The van der Waals surface area contributed by atoms with Gasteiger partial charge in [-0.1, -0.05) is 22.0 Å². The molecular weight excluding hydrogens is 444 g/mol.